The van der Waals surface area contributed by atoms with E-state index in [4.69, 9.17) is 9.72 Å². The fraction of sp³-hybridized carbons (Fsp3) is 0.348. The Morgan fingerprint density at radius 3 is 2.65 bits per heavy atom. The lowest BCUT2D eigenvalue weighted by Crippen LogP contribution is -2.37. The van der Waals surface area contributed by atoms with Crippen LogP contribution in [0.25, 0.3) is 11.3 Å². The Kier molecular flexibility index (Phi) is 7.14. The summed E-state index contributed by atoms with van der Waals surface area (Å²) in [5.41, 5.74) is 4.40. The van der Waals surface area contributed by atoms with E-state index in [0.29, 0.717) is 19.6 Å². The molecule has 2 heterocycles. The molecule has 2 aromatic carbocycles. The molecule has 1 saturated heterocycles. The third-order valence-corrected chi connectivity index (χ3v) is 6.89. The average Bonchev–Trinajstić information content (AvgIpc) is 3.25. The molecule has 1 N–H and O–H groups in total. The first-order chi connectivity index (χ1) is 15.0. The van der Waals surface area contributed by atoms with Gasteiger partial charge in [-0.1, -0.05) is 54.6 Å². The van der Waals surface area contributed by atoms with Crippen LogP contribution in [0.15, 0.2) is 60.0 Å². The van der Waals surface area contributed by atoms with Crippen molar-refractivity contribution in [2.24, 2.45) is 0 Å². The molecule has 6 nitrogen and oxygen atoms in total. The molecule has 0 saturated carbocycles. The van der Waals surface area contributed by atoms with Gasteiger partial charge in [-0.25, -0.2) is 18.1 Å². The quantitative estimate of drug-likeness (QED) is 0.561. The van der Waals surface area contributed by atoms with Crippen LogP contribution in [0.1, 0.15) is 22.2 Å². The lowest BCUT2D eigenvalue weighted by atomic mass is 10.1. The van der Waals surface area contributed by atoms with Gasteiger partial charge in [-0.05, 0) is 17.5 Å². The summed E-state index contributed by atoms with van der Waals surface area (Å²) >= 11 is 1.64. The second kappa shape index (κ2) is 10.0. The summed E-state index contributed by atoms with van der Waals surface area (Å²) in [5.74, 6) is 0. The molecule has 1 aliphatic rings. The monoisotopic (exact) mass is 457 g/mol. The number of aromatic nitrogens is 1. The van der Waals surface area contributed by atoms with Crippen LogP contribution in [0.4, 0.5) is 0 Å². The zero-order valence-electron chi connectivity index (χ0n) is 17.5. The van der Waals surface area contributed by atoms with Gasteiger partial charge in [0.05, 0.1) is 18.6 Å². The van der Waals surface area contributed by atoms with Gasteiger partial charge in [0.25, 0.3) is 0 Å². The van der Waals surface area contributed by atoms with Gasteiger partial charge in [-0.2, -0.15) is 0 Å². The first kappa shape index (κ1) is 22.1. The maximum Gasteiger partial charge on any atom is 0.208 e. The molecular weight excluding hydrogens is 430 g/mol. The zero-order chi connectivity index (χ0) is 21.7. The molecule has 1 fully saturated rings. The highest BCUT2D eigenvalue weighted by Gasteiger charge is 2.24. The van der Waals surface area contributed by atoms with E-state index in [2.05, 4.69) is 39.3 Å². The summed E-state index contributed by atoms with van der Waals surface area (Å²) in [6.07, 6.45) is 1.83. The summed E-state index contributed by atoms with van der Waals surface area (Å²) in [6.45, 7) is 3.81. The molecule has 8 heteroatoms. The van der Waals surface area contributed by atoms with Crippen molar-refractivity contribution < 1.29 is 13.2 Å². The summed E-state index contributed by atoms with van der Waals surface area (Å²) in [6, 6.07) is 18.6. The summed E-state index contributed by atoms with van der Waals surface area (Å²) in [4.78, 5) is 7.27. The predicted molar refractivity (Wildman–Crippen MR) is 125 cm³/mol. The molecular formula is C23H27N3O3S2. The van der Waals surface area contributed by atoms with E-state index in [1.165, 1.54) is 11.8 Å². The SMILES string of the molecule is CS(=O)(=O)NCCc1ccc(-c2csc(C3CN(Cc4ccccc4)CCO3)n2)cc1. The fourth-order valence-corrected chi connectivity index (χ4v) is 4.97. The van der Waals surface area contributed by atoms with Crippen molar-refractivity contribution >= 4 is 21.4 Å². The van der Waals surface area contributed by atoms with Gasteiger partial charge in [0, 0.05) is 37.1 Å². The highest BCUT2D eigenvalue weighted by molar-refractivity contribution is 7.88. The van der Waals surface area contributed by atoms with Crippen molar-refractivity contribution in [3.05, 3.63) is 76.1 Å². The lowest BCUT2D eigenvalue weighted by molar-refractivity contribution is -0.0329. The lowest BCUT2D eigenvalue weighted by Gasteiger charge is -2.32. The topological polar surface area (TPSA) is 71.5 Å². The minimum absolute atomic E-state index is 0.00227. The predicted octanol–water partition coefficient (Wildman–Crippen LogP) is 3.48. The molecule has 0 radical (unpaired) electrons. The van der Waals surface area contributed by atoms with Crippen molar-refractivity contribution in [3.63, 3.8) is 0 Å². The third-order valence-electron chi connectivity index (χ3n) is 5.22. The Labute approximate surface area is 188 Å². The van der Waals surface area contributed by atoms with Gasteiger partial charge < -0.3 is 4.74 Å². The number of rotatable bonds is 8. The molecule has 164 valence electrons. The van der Waals surface area contributed by atoms with Gasteiger partial charge in [0.15, 0.2) is 0 Å². The summed E-state index contributed by atoms with van der Waals surface area (Å²) in [5, 5.41) is 3.09. The largest absolute Gasteiger partial charge is 0.368 e. The van der Waals surface area contributed by atoms with Gasteiger partial charge in [-0.3, -0.25) is 4.90 Å². The summed E-state index contributed by atoms with van der Waals surface area (Å²) in [7, 11) is -3.15. The van der Waals surface area contributed by atoms with Crippen molar-refractivity contribution in [1.29, 1.82) is 0 Å². The number of benzene rings is 2. The van der Waals surface area contributed by atoms with E-state index >= 15 is 0 Å². The van der Waals surface area contributed by atoms with E-state index in [9.17, 15) is 8.42 Å². The molecule has 31 heavy (non-hydrogen) atoms. The Morgan fingerprint density at radius 1 is 1.13 bits per heavy atom. The first-order valence-corrected chi connectivity index (χ1v) is 13.1. The van der Waals surface area contributed by atoms with Crippen molar-refractivity contribution in [3.8, 4) is 11.3 Å². The Hall–Kier alpha value is -2.10. The molecule has 0 bridgehead atoms. The fourth-order valence-electron chi connectivity index (χ4n) is 3.63. The minimum Gasteiger partial charge on any atom is -0.368 e. The van der Waals surface area contributed by atoms with Crippen molar-refractivity contribution in [2.45, 2.75) is 19.1 Å². The highest BCUT2D eigenvalue weighted by atomic mass is 32.2. The third kappa shape index (κ3) is 6.44. The molecule has 0 spiro atoms. The number of nitrogens with one attached hydrogen (secondary N) is 1. The molecule has 1 unspecified atom stereocenters. The van der Waals surface area contributed by atoms with Crippen LogP contribution < -0.4 is 4.72 Å². The smallest absolute Gasteiger partial charge is 0.208 e. The second-order valence-corrected chi connectivity index (χ2v) is 10.5. The van der Waals surface area contributed by atoms with E-state index in [1.807, 2.05) is 30.3 Å². The van der Waals surface area contributed by atoms with E-state index in [0.717, 1.165) is 41.5 Å². The van der Waals surface area contributed by atoms with Crippen LogP contribution in [0.3, 0.4) is 0 Å². The number of morpholine rings is 1. The minimum atomic E-state index is -3.15. The number of nitrogens with zero attached hydrogens (tertiary/aromatic N) is 2. The Bertz CT molecular complexity index is 1080. The van der Waals surface area contributed by atoms with Crippen LogP contribution in [0.2, 0.25) is 0 Å². The number of hydrogen-bond acceptors (Lipinski definition) is 6. The van der Waals surface area contributed by atoms with Crippen LogP contribution in [-0.4, -0.2) is 50.8 Å². The van der Waals surface area contributed by atoms with Crippen LogP contribution in [0.5, 0.6) is 0 Å². The number of hydrogen-bond donors (Lipinski definition) is 1. The molecule has 0 amide bonds. The van der Waals surface area contributed by atoms with E-state index in [1.54, 1.807) is 11.3 Å². The highest BCUT2D eigenvalue weighted by Crippen LogP contribution is 2.30. The molecule has 4 rings (SSSR count). The molecule has 3 aromatic rings. The molecule has 1 atom stereocenters. The van der Waals surface area contributed by atoms with E-state index in [-0.39, 0.29) is 6.10 Å². The first-order valence-electron chi connectivity index (χ1n) is 10.3. The van der Waals surface area contributed by atoms with Crippen molar-refractivity contribution in [2.75, 3.05) is 32.5 Å². The average molecular weight is 458 g/mol. The van der Waals surface area contributed by atoms with Crippen LogP contribution >= 0.6 is 11.3 Å². The molecule has 1 aromatic heterocycles. The van der Waals surface area contributed by atoms with Crippen LogP contribution in [0, 0.1) is 0 Å². The maximum absolute atomic E-state index is 11.2. The maximum atomic E-state index is 11.2. The summed E-state index contributed by atoms with van der Waals surface area (Å²) < 4.78 is 30.9. The number of ether oxygens (including phenoxy) is 1. The molecule has 0 aliphatic carbocycles. The number of thiazole rings is 1. The normalized spacial score (nSPS) is 17.6. The van der Waals surface area contributed by atoms with Gasteiger partial charge in [0.2, 0.25) is 10.0 Å². The van der Waals surface area contributed by atoms with Gasteiger partial charge >= 0.3 is 0 Å². The Balaban J connectivity index is 1.36. The van der Waals surface area contributed by atoms with Gasteiger partial charge in [0.1, 0.15) is 11.1 Å². The standard InChI is InChI=1S/C23H27N3O3S2/c1-31(27,28)24-12-11-18-7-9-20(10-8-18)21-17-30-23(25-21)22-16-26(13-14-29-22)15-19-5-3-2-4-6-19/h2-10,17,22,24H,11-16H2,1H3. The zero-order valence-corrected chi connectivity index (χ0v) is 19.2. The van der Waals surface area contributed by atoms with Crippen LogP contribution in [-0.2, 0) is 27.7 Å². The Morgan fingerprint density at radius 2 is 1.90 bits per heavy atom. The molecule has 1 aliphatic heterocycles. The van der Waals surface area contributed by atoms with E-state index < -0.39 is 10.0 Å². The number of sulfonamides is 1. The second-order valence-electron chi connectivity index (χ2n) is 7.76. The van der Waals surface area contributed by atoms with Crippen molar-refractivity contribution in [1.82, 2.24) is 14.6 Å². The van der Waals surface area contributed by atoms with Gasteiger partial charge in [-0.15, -0.1) is 11.3 Å².